The number of cyclic esters (lactones) is 1. The average Bonchev–Trinajstić information content (AvgIpc) is 3.13. The van der Waals surface area contributed by atoms with Crippen LogP contribution in [0.2, 0.25) is 0 Å². The van der Waals surface area contributed by atoms with Gasteiger partial charge in [-0.25, -0.2) is 9.59 Å². The molecule has 0 atom stereocenters. The summed E-state index contributed by atoms with van der Waals surface area (Å²) in [5, 5.41) is 10.2. The maximum Gasteiger partial charge on any atom is 0.422 e. The molecule has 2 aromatic rings. The molecule has 272 valence electrons. The van der Waals surface area contributed by atoms with Gasteiger partial charge in [0.1, 0.15) is 17.1 Å². The van der Waals surface area contributed by atoms with Crippen LogP contribution in [0, 0.1) is 27.7 Å². The third-order valence-corrected chi connectivity index (χ3v) is 7.05. The molecule has 0 spiro atoms. The molecular weight excluding hydrogens is 666 g/mol. The molecule has 0 unspecified atom stereocenters. The van der Waals surface area contributed by atoms with E-state index in [1.807, 2.05) is 0 Å². The number of carbonyl (C=O) groups excluding carboxylic acids is 3. The van der Waals surface area contributed by atoms with Crippen molar-refractivity contribution in [3.05, 3.63) is 63.4 Å². The number of esters is 3. The van der Waals surface area contributed by atoms with Crippen molar-refractivity contribution >= 4 is 23.5 Å². The number of aryl methyl sites for hydroxylation is 4. The molecule has 2 aromatic carbocycles. The van der Waals surface area contributed by atoms with Crippen LogP contribution in [0.3, 0.4) is 0 Å². The first-order valence-corrected chi connectivity index (χ1v) is 14.9. The Morgan fingerprint density at radius 2 is 1.24 bits per heavy atom. The number of aliphatic hydroxyl groups is 1. The number of carbonyl (C=O) groups is 3. The zero-order valence-electron chi connectivity index (χ0n) is 28.6. The van der Waals surface area contributed by atoms with Crippen LogP contribution in [0.5, 0.6) is 11.5 Å². The van der Waals surface area contributed by atoms with Crippen molar-refractivity contribution in [2.75, 3.05) is 19.8 Å². The number of benzene rings is 2. The summed E-state index contributed by atoms with van der Waals surface area (Å²) in [7, 11) is 0. The lowest BCUT2D eigenvalue weighted by molar-refractivity contribution is -0.177. The van der Waals surface area contributed by atoms with Crippen molar-refractivity contribution in [1.29, 1.82) is 0 Å². The summed E-state index contributed by atoms with van der Waals surface area (Å²) in [5.41, 5.74) is 0.734. The van der Waals surface area contributed by atoms with Crippen molar-refractivity contribution in [2.24, 2.45) is 0 Å². The van der Waals surface area contributed by atoms with Gasteiger partial charge in [0, 0.05) is 0 Å². The van der Waals surface area contributed by atoms with Crippen molar-refractivity contribution in [2.45, 2.75) is 92.3 Å². The second-order valence-corrected chi connectivity index (χ2v) is 12.3. The predicted octanol–water partition coefficient (Wildman–Crippen LogP) is 7.52. The molecule has 3 rings (SSSR count). The minimum absolute atomic E-state index is 0.0346. The zero-order chi connectivity index (χ0) is 37.7. The number of hydrogen-bond acceptors (Lipinski definition) is 9. The lowest BCUT2D eigenvalue weighted by Gasteiger charge is -2.23. The van der Waals surface area contributed by atoms with Crippen molar-refractivity contribution in [3.8, 4) is 11.5 Å². The van der Waals surface area contributed by atoms with Gasteiger partial charge >= 0.3 is 30.3 Å². The Morgan fingerprint density at radius 1 is 0.816 bits per heavy atom. The summed E-state index contributed by atoms with van der Waals surface area (Å²) >= 11 is 0. The molecule has 9 nitrogen and oxygen atoms in total. The minimum Gasteiger partial charge on any atom is -0.507 e. The molecule has 49 heavy (non-hydrogen) atoms. The highest BCUT2D eigenvalue weighted by Gasteiger charge is 2.42. The highest BCUT2D eigenvalue weighted by molar-refractivity contribution is 6.20. The molecule has 0 saturated heterocycles. The maximum absolute atomic E-state index is 12.2. The van der Waals surface area contributed by atoms with Crippen molar-refractivity contribution < 1.29 is 69.5 Å². The van der Waals surface area contributed by atoms with Gasteiger partial charge in [0.05, 0.1) is 13.0 Å². The van der Waals surface area contributed by atoms with E-state index in [2.05, 4.69) is 0 Å². The normalized spacial score (nSPS) is 14.5. The Morgan fingerprint density at radius 3 is 1.61 bits per heavy atom. The fourth-order valence-electron chi connectivity index (χ4n) is 4.81. The first-order chi connectivity index (χ1) is 22.3. The Bertz CT molecular complexity index is 1540. The molecule has 0 amide bonds. The van der Waals surface area contributed by atoms with E-state index in [1.54, 1.807) is 48.5 Å². The summed E-state index contributed by atoms with van der Waals surface area (Å²) in [6, 6.07) is 5.65. The van der Waals surface area contributed by atoms with E-state index in [1.165, 1.54) is 38.1 Å². The van der Waals surface area contributed by atoms with Crippen LogP contribution < -0.4 is 9.47 Å². The molecule has 1 heterocycles. The van der Waals surface area contributed by atoms with Gasteiger partial charge in [0.2, 0.25) is 5.60 Å². The second-order valence-electron chi connectivity index (χ2n) is 12.3. The third-order valence-electron chi connectivity index (χ3n) is 7.05. The first kappa shape index (κ1) is 40.7. The maximum atomic E-state index is 12.2. The van der Waals surface area contributed by atoms with E-state index in [-0.39, 0.29) is 35.9 Å². The molecule has 0 saturated carbocycles. The van der Waals surface area contributed by atoms with Gasteiger partial charge in [-0.05, 0) is 120 Å². The number of aliphatic hydroxyl groups excluding tert-OH is 1. The lowest BCUT2D eigenvalue weighted by Crippen LogP contribution is -2.39. The summed E-state index contributed by atoms with van der Waals surface area (Å²) in [6.07, 6.45) is -8.98. The smallest absolute Gasteiger partial charge is 0.422 e. The third kappa shape index (κ3) is 11.6. The minimum atomic E-state index is -4.43. The van der Waals surface area contributed by atoms with Crippen molar-refractivity contribution in [1.82, 2.24) is 0 Å². The summed E-state index contributed by atoms with van der Waals surface area (Å²) in [5.74, 6) is -2.04. The molecule has 0 fully saturated rings. The number of ether oxygens (including phenoxy) is 5. The second kappa shape index (κ2) is 15.4. The fourth-order valence-corrected chi connectivity index (χ4v) is 4.81. The van der Waals surface area contributed by atoms with Gasteiger partial charge in [-0.2, -0.15) is 26.3 Å². The van der Waals surface area contributed by atoms with Crippen LogP contribution in [0.25, 0.3) is 5.57 Å². The summed E-state index contributed by atoms with van der Waals surface area (Å²) < 4.78 is 98.0. The molecule has 0 aliphatic carbocycles. The van der Waals surface area contributed by atoms with Gasteiger partial charge in [0.25, 0.3) is 0 Å². The molecular formula is C34H40F6O9. The molecule has 1 aliphatic heterocycles. The van der Waals surface area contributed by atoms with Crippen LogP contribution in [0.1, 0.15) is 68.0 Å². The molecule has 15 heteroatoms. The van der Waals surface area contributed by atoms with Gasteiger partial charge in [0.15, 0.2) is 24.6 Å². The van der Waals surface area contributed by atoms with E-state index in [4.69, 9.17) is 23.7 Å². The topological polar surface area (TPSA) is 118 Å². The van der Waals surface area contributed by atoms with Crippen LogP contribution >= 0.6 is 0 Å². The fraction of sp³-hybridized carbons (Fsp3) is 0.500. The van der Waals surface area contributed by atoms with E-state index >= 15 is 0 Å². The van der Waals surface area contributed by atoms with Gasteiger partial charge in [-0.3, -0.25) is 4.79 Å². The Kier molecular flexibility index (Phi) is 12.8. The molecule has 0 aromatic heterocycles. The van der Waals surface area contributed by atoms with E-state index < -0.39 is 54.7 Å². The molecule has 0 bridgehead atoms. The van der Waals surface area contributed by atoms with Crippen LogP contribution in [0.4, 0.5) is 26.3 Å². The van der Waals surface area contributed by atoms with E-state index in [0.29, 0.717) is 33.4 Å². The van der Waals surface area contributed by atoms with E-state index in [9.17, 15) is 45.8 Å². The Balaban J connectivity index is 0.000000342. The quantitative estimate of drug-likeness (QED) is 0.152. The SMILES string of the molecule is CCOC(=O)C(C)(C)OC(=O)Cc1c(C)cc(OCC(F)(F)F)cc1C.Cc1cc(OCC(F)(F)F)cc(C)c1C1=C(O)C(C)(C)OC1=O. The molecule has 0 radical (unpaired) electrons. The number of rotatable bonds is 10. The summed E-state index contributed by atoms with van der Waals surface area (Å²) in [6.45, 7) is 11.6. The molecule has 1 aliphatic rings. The number of hydrogen-bond donors (Lipinski definition) is 1. The Labute approximate surface area is 280 Å². The summed E-state index contributed by atoms with van der Waals surface area (Å²) in [4.78, 5) is 36.0. The van der Waals surface area contributed by atoms with Crippen LogP contribution in [0.15, 0.2) is 30.0 Å². The van der Waals surface area contributed by atoms with Gasteiger partial charge < -0.3 is 28.8 Å². The standard InChI is InChI=1S/C18H23F3O5.C16H17F3O4/c1-6-24-16(23)17(4,5)26-15(22)9-14-11(2)7-13(8-12(14)3)25-10-18(19,20)21;1-8-5-10(22-7-16(17,18)19)6-9(2)11(8)12-13(20)15(3,4)23-14(12)21/h7-8H,6,9-10H2,1-5H3;5-6,20H,7H2,1-4H3. The average molecular weight is 707 g/mol. The number of halogens is 6. The monoisotopic (exact) mass is 706 g/mol. The van der Waals surface area contributed by atoms with Crippen LogP contribution in [-0.2, 0) is 35.0 Å². The lowest BCUT2D eigenvalue weighted by atomic mass is 9.92. The highest BCUT2D eigenvalue weighted by Crippen LogP contribution is 2.39. The van der Waals surface area contributed by atoms with Gasteiger partial charge in [-0.15, -0.1) is 0 Å². The number of alkyl halides is 6. The molecule has 1 N–H and O–H groups in total. The predicted molar refractivity (Wildman–Crippen MR) is 165 cm³/mol. The Hall–Kier alpha value is -4.43. The first-order valence-electron chi connectivity index (χ1n) is 14.9. The van der Waals surface area contributed by atoms with E-state index in [0.717, 1.165) is 0 Å². The zero-order valence-corrected chi connectivity index (χ0v) is 28.6. The largest absolute Gasteiger partial charge is 0.507 e. The van der Waals surface area contributed by atoms with Crippen molar-refractivity contribution in [3.63, 3.8) is 0 Å². The highest BCUT2D eigenvalue weighted by atomic mass is 19.4. The van der Waals surface area contributed by atoms with Gasteiger partial charge in [-0.1, -0.05) is 0 Å². The van der Waals surface area contributed by atoms with Crippen LogP contribution in [-0.4, -0.2) is 66.4 Å².